The molecule has 0 saturated heterocycles. The van der Waals surface area contributed by atoms with E-state index in [2.05, 4.69) is 0 Å². The van der Waals surface area contributed by atoms with Crippen LogP contribution in [0.4, 0.5) is 18.9 Å². The fourth-order valence-corrected chi connectivity index (χ4v) is 5.47. The molecule has 0 aliphatic carbocycles. The smallest absolute Gasteiger partial charge is 0.416 e. The Morgan fingerprint density at radius 2 is 1.89 bits per heavy atom. The number of fused-ring (bicyclic) bond motifs is 1. The van der Waals surface area contributed by atoms with Crippen molar-refractivity contribution in [2.45, 2.75) is 63.1 Å². The highest BCUT2D eigenvalue weighted by molar-refractivity contribution is 7.92. The maximum absolute atomic E-state index is 13.6. The van der Waals surface area contributed by atoms with Gasteiger partial charge in [0.1, 0.15) is 11.9 Å². The number of sulfonamides is 1. The topological polar surface area (TPSA) is 83.9 Å². The number of rotatable bonds is 9. The van der Waals surface area contributed by atoms with Crippen molar-refractivity contribution in [2.24, 2.45) is 0 Å². The Morgan fingerprint density at radius 3 is 2.51 bits per heavy atom. The lowest BCUT2D eigenvalue weighted by molar-refractivity contribution is -0.138. The van der Waals surface area contributed by atoms with E-state index >= 15 is 0 Å². The number of halogens is 3. The molecule has 0 spiro atoms. The van der Waals surface area contributed by atoms with Gasteiger partial charge in [0, 0.05) is 6.42 Å². The molecule has 0 amide bonds. The molecular weight excluding hydrogens is 483 g/mol. The number of carbonyl (C=O) groups is 1. The van der Waals surface area contributed by atoms with E-state index in [-0.39, 0.29) is 37.2 Å². The molecule has 190 valence electrons. The van der Waals surface area contributed by atoms with E-state index in [0.29, 0.717) is 6.07 Å². The summed E-state index contributed by atoms with van der Waals surface area (Å²) in [5, 5.41) is 8.92. The Balaban J connectivity index is 2.06. The molecule has 0 fully saturated rings. The molecule has 2 aromatic carbocycles. The molecule has 1 unspecified atom stereocenters. The number of benzene rings is 2. The average Bonchev–Trinajstić information content (AvgIpc) is 2.81. The van der Waals surface area contributed by atoms with Gasteiger partial charge in [-0.3, -0.25) is 9.10 Å². The quantitative estimate of drug-likeness (QED) is 0.439. The zero-order valence-electron chi connectivity index (χ0n) is 19.5. The highest BCUT2D eigenvalue weighted by Gasteiger charge is 2.37. The number of alkyl halides is 3. The molecule has 6 nitrogen and oxygen atoms in total. The Bertz CT molecular complexity index is 1200. The van der Waals surface area contributed by atoms with E-state index in [1.165, 1.54) is 0 Å². The van der Waals surface area contributed by atoms with Gasteiger partial charge in [0.05, 0.1) is 22.7 Å². The van der Waals surface area contributed by atoms with Crippen LogP contribution in [0, 0.1) is 0 Å². The average molecular weight is 512 g/mol. The molecular formula is C25H28F3NO5S. The van der Waals surface area contributed by atoms with Crippen molar-refractivity contribution in [2.75, 3.05) is 10.8 Å². The van der Waals surface area contributed by atoms with Gasteiger partial charge in [-0.05, 0) is 61.6 Å². The maximum Gasteiger partial charge on any atom is 0.416 e. The Labute approximate surface area is 203 Å². The summed E-state index contributed by atoms with van der Waals surface area (Å²) in [4.78, 5) is 10.4. The largest absolute Gasteiger partial charge is 0.486 e. The van der Waals surface area contributed by atoms with Gasteiger partial charge >= 0.3 is 12.1 Å². The monoisotopic (exact) mass is 511 g/mol. The third-order valence-electron chi connectivity index (χ3n) is 5.86. The highest BCUT2D eigenvalue weighted by Crippen LogP contribution is 2.40. The highest BCUT2D eigenvalue weighted by atomic mass is 32.2. The van der Waals surface area contributed by atoms with Gasteiger partial charge in [-0.1, -0.05) is 37.6 Å². The van der Waals surface area contributed by atoms with Crippen LogP contribution in [-0.4, -0.2) is 32.1 Å². The molecule has 0 bridgehead atoms. The second kappa shape index (κ2) is 10.7. The van der Waals surface area contributed by atoms with Crippen LogP contribution < -0.4 is 9.04 Å². The van der Waals surface area contributed by atoms with Crippen LogP contribution in [0.25, 0.3) is 6.08 Å². The molecule has 0 saturated carbocycles. The number of carboxylic acid groups (broad SMARTS) is 1. The van der Waals surface area contributed by atoms with Gasteiger partial charge < -0.3 is 9.84 Å². The molecule has 1 aliphatic heterocycles. The summed E-state index contributed by atoms with van der Waals surface area (Å²) in [6, 6.07) is 8.73. The predicted molar refractivity (Wildman–Crippen MR) is 127 cm³/mol. The van der Waals surface area contributed by atoms with Gasteiger partial charge in [0.25, 0.3) is 10.0 Å². The summed E-state index contributed by atoms with van der Waals surface area (Å²) in [5.74, 6) is -0.701. The van der Waals surface area contributed by atoms with E-state index < -0.39 is 38.7 Å². The minimum Gasteiger partial charge on any atom is -0.486 e. The number of hydrogen-bond acceptors (Lipinski definition) is 4. The van der Waals surface area contributed by atoms with E-state index in [1.807, 2.05) is 19.9 Å². The summed E-state index contributed by atoms with van der Waals surface area (Å²) in [6.07, 6.45) is -1.30. The van der Waals surface area contributed by atoms with Crippen LogP contribution in [0.1, 0.15) is 57.1 Å². The molecule has 35 heavy (non-hydrogen) atoms. The van der Waals surface area contributed by atoms with Crippen LogP contribution in [0.2, 0.25) is 0 Å². The zero-order valence-corrected chi connectivity index (χ0v) is 20.3. The number of allylic oxidation sites excluding steroid dienone is 1. The van der Waals surface area contributed by atoms with Crippen molar-refractivity contribution in [3.8, 4) is 5.75 Å². The van der Waals surface area contributed by atoms with E-state index in [0.717, 1.165) is 46.5 Å². The molecule has 1 N–H and O–H groups in total. The zero-order chi connectivity index (χ0) is 25.8. The van der Waals surface area contributed by atoms with E-state index in [4.69, 9.17) is 9.84 Å². The SMILES string of the molecule is CCC(=Cc1ccc2c(c1)N(S(=O)(=O)c1cccc(C(F)(F)F)c1)CC(CCCC(=O)O)O2)CC. The number of nitrogens with zero attached hydrogens (tertiary/aromatic N) is 1. The van der Waals surface area contributed by atoms with Gasteiger partial charge in [-0.2, -0.15) is 13.2 Å². The van der Waals surface area contributed by atoms with Crippen LogP contribution in [0.15, 0.2) is 52.9 Å². The second-order valence-corrected chi connectivity index (χ2v) is 10.2. The lowest BCUT2D eigenvalue weighted by atomic mass is 10.0. The summed E-state index contributed by atoms with van der Waals surface area (Å²) in [6.45, 7) is 3.89. The summed E-state index contributed by atoms with van der Waals surface area (Å²) < 4.78 is 74.0. The lowest BCUT2D eigenvalue weighted by Gasteiger charge is -2.36. The predicted octanol–water partition coefficient (Wildman–Crippen LogP) is 6.12. The first-order valence-corrected chi connectivity index (χ1v) is 12.8. The van der Waals surface area contributed by atoms with Crippen LogP contribution >= 0.6 is 0 Å². The normalized spacial score (nSPS) is 15.8. The first-order chi connectivity index (χ1) is 16.5. The number of anilines is 1. The van der Waals surface area contributed by atoms with Crippen molar-refractivity contribution >= 4 is 27.8 Å². The van der Waals surface area contributed by atoms with Gasteiger partial charge in [0.2, 0.25) is 0 Å². The molecule has 1 heterocycles. The Kier molecular flexibility index (Phi) is 8.15. The van der Waals surface area contributed by atoms with Crippen molar-refractivity contribution in [3.05, 3.63) is 59.2 Å². The number of carboxylic acids is 1. The van der Waals surface area contributed by atoms with Crippen molar-refractivity contribution in [3.63, 3.8) is 0 Å². The minimum absolute atomic E-state index is 0.104. The first-order valence-electron chi connectivity index (χ1n) is 11.4. The van der Waals surface area contributed by atoms with Crippen LogP contribution in [-0.2, 0) is 21.0 Å². The Hall–Kier alpha value is -3.01. The van der Waals surface area contributed by atoms with Crippen LogP contribution in [0.3, 0.4) is 0 Å². The summed E-state index contributed by atoms with van der Waals surface area (Å²) in [7, 11) is -4.37. The molecule has 0 radical (unpaired) electrons. The van der Waals surface area contributed by atoms with Gasteiger partial charge in [0.15, 0.2) is 0 Å². The molecule has 0 aromatic heterocycles. The number of aliphatic carboxylic acids is 1. The summed E-state index contributed by atoms with van der Waals surface area (Å²) in [5.41, 5.74) is 1.08. The van der Waals surface area contributed by atoms with Crippen molar-refractivity contribution in [1.82, 2.24) is 0 Å². The third-order valence-corrected chi connectivity index (χ3v) is 7.64. The minimum atomic E-state index is -4.69. The number of ether oxygens (including phenoxy) is 1. The second-order valence-electron chi connectivity index (χ2n) is 8.32. The maximum atomic E-state index is 13.6. The molecule has 10 heteroatoms. The van der Waals surface area contributed by atoms with Crippen LogP contribution in [0.5, 0.6) is 5.75 Å². The summed E-state index contributed by atoms with van der Waals surface area (Å²) >= 11 is 0. The van der Waals surface area contributed by atoms with Gasteiger partial charge in [-0.25, -0.2) is 8.42 Å². The Morgan fingerprint density at radius 1 is 1.17 bits per heavy atom. The number of hydrogen-bond donors (Lipinski definition) is 1. The third kappa shape index (κ3) is 6.36. The fourth-order valence-electron chi connectivity index (χ4n) is 3.93. The van der Waals surface area contributed by atoms with Crippen molar-refractivity contribution in [1.29, 1.82) is 0 Å². The molecule has 1 aliphatic rings. The van der Waals surface area contributed by atoms with Crippen molar-refractivity contribution < 1.29 is 36.2 Å². The van der Waals surface area contributed by atoms with E-state index in [1.54, 1.807) is 18.2 Å². The fraction of sp³-hybridized carbons (Fsp3) is 0.400. The first kappa shape index (κ1) is 26.6. The van der Waals surface area contributed by atoms with Gasteiger partial charge in [-0.15, -0.1) is 0 Å². The standard InChI is InChI=1S/C25H28F3NO5S/c1-3-17(4-2)13-18-11-12-23-22(14-18)29(16-20(34-23)8-6-10-24(30)31)35(32,33)21-9-5-7-19(15-21)25(26,27)28/h5,7,9,11-15,20H,3-4,6,8,10,16H2,1-2H3,(H,30,31). The lowest BCUT2D eigenvalue weighted by Crippen LogP contribution is -2.43. The van der Waals surface area contributed by atoms with E-state index in [9.17, 15) is 26.4 Å². The molecule has 3 rings (SSSR count). The molecule has 2 aromatic rings. The molecule has 1 atom stereocenters.